The van der Waals surface area contributed by atoms with E-state index >= 15 is 0 Å². The fourth-order valence-electron chi connectivity index (χ4n) is 1.71. The van der Waals surface area contributed by atoms with Crippen molar-refractivity contribution in [3.63, 3.8) is 0 Å². The van der Waals surface area contributed by atoms with Gasteiger partial charge in [-0.25, -0.2) is 0 Å². The molecule has 1 amide bonds. The largest absolute Gasteiger partial charge is 0.463 e. The van der Waals surface area contributed by atoms with E-state index in [1.165, 1.54) is 0 Å². The lowest BCUT2D eigenvalue weighted by Crippen LogP contribution is -2.51. The number of amides is 1. The first-order valence-electron chi connectivity index (χ1n) is 5.05. The Labute approximate surface area is 94.0 Å². The van der Waals surface area contributed by atoms with Crippen LogP contribution in [0.5, 0.6) is 0 Å². The first-order valence-corrected chi connectivity index (χ1v) is 5.05. The molecule has 0 saturated heterocycles. The van der Waals surface area contributed by atoms with Crippen molar-refractivity contribution in [2.75, 3.05) is 6.54 Å². The maximum absolute atomic E-state index is 12.5. The Balaban J connectivity index is 2.45. The molecule has 1 rings (SSSR count). The number of aliphatic hydroxyl groups excluding tert-OH is 1. The zero-order chi connectivity index (χ0) is 13.3. The number of alkyl halides is 5. The summed E-state index contributed by atoms with van der Waals surface area (Å²) in [5.41, 5.74) is 0. The second kappa shape index (κ2) is 4.75. The molecule has 1 saturated carbocycles. The van der Waals surface area contributed by atoms with Crippen molar-refractivity contribution in [2.45, 2.75) is 37.5 Å². The van der Waals surface area contributed by atoms with Crippen molar-refractivity contribution in [1.29, 1.82) is 0 Å². The number of rotatable bonds is 3. The average Bonchev–Trinajstić information content (AvgIpc) is 2.58. The monoisotopic (exact) mass is 261 g/mol. The summed E-state index contributed by atoms with van der Waals surface area (Å²) in [6, 6.07) is 0. The van der Waals surface area contributed by atoms with Crippen molar-refractivity contribution in [3.05, 3.63) is 0 Å². The van der Waals surface area contributed by atoms with Gasteiger partial charge in [-0.05, 0) is 25.2 Å². The molecular weight excluding hydrogens is 249 g/mol. The van der Waals surface area contributed by atoms with Gasteiger partial charge in [-0.3, -0.25) is 4.79 Å². The molecule has 17 heavy (non-hydrogen) atoms. The molecule has 100 valence electrons. The lowest BCUT2D eigenvalue weighted by atomic mass is 10.1. The summed E-state index contributed by atoms with van der Waals surface area (Å²) >= 11 is 0. The maximum Gasteiger partial charge on any atom is 0.463 e. The topological polar surface area (TPSA) is 49.3 Å². The van der Waals surface area contributed by atoms with Gasteiger partial charge in [-0.2, -0.15) is 22.0 Å². The van der Waals surface area contributed by atoms with Crippen LogP contribution in [0.3, 0.4) is 0 Å². The molecule has 0 heterocycles. The fraction of sp³-hybridized carbons (Fsp3) is 0.889. The van der Waals surface area contributed by atoms with E-state index in [0.29, 0.717) is 19.3 Å². The van der Waals surface area contributed by atoms with Gasteiger partial charge in [-0.15, -0.1) is 0 Å². The highest BCUT2D eigenvalue weighted by atomic mass is 19.4. The predicted molar refractivity (Wildman–Crippen MR) is 47.4 cm³/mol. The van der Waals surface area contributed by atoms with Gasteiger partial charge in [0.05, 0.1) is 6.10 Å². The summed E-state index contributed by atoms with van der Waals surface area (Å²) < 4.78 is 60.4. The third-order valence-corrected chi connectivity index (χ3v) is 2.71. The Morgan fingerprint density at radius 3 is 2.24 bits per heavy atom. The number of aliphatic hydroxyl groups is 1. The molecule has 8 heteroatoms. The molecule has 0 bridgehead atoms. The van der Waals surface area contributed by atoms with E-state index in [9.17, 15) is 26.7 Å². The lowest BCUT2D eigenvalue weighted by molar-refractivity contribution is -0.269. The molecule has 0 aliphatic heterocycles. The Kier molecular flexibility index (Phi) is 3.95. The quantitative estimate of drug-likeness (QED) is 0.756. The highest BCUT2D eigenvalue weighted by Crippen LogP contribution is 2.35. The van der Waals surface area contributed by atoms with Crippen molar-refractivity contribution in [3.8, 4) is 0 Å². The summed E-state index contributed by atoms with van der Waals surface area (Å²) in [5.74, 6) is -7.96. The van der Waals surface area contributed by atoms with Crippen LogP contribution in [-0.2, 0) is 4.79 Å². The van der Waals surface area contributed by atoms with E-state index in [0.717, 1.165) is 0 Å². The van der Waals surface area contributed by atoms with Gasteiger partial charge in [0.2, 0.25) is 0 Å². The van der Waals surface area contributed by atoms with Crippen LogP contribution in [0, 0.1) is 5.92 Å². The molecule has 2 N–H and O–H groups in total. The highest BCUT2D eigenvalue weighted by molar-refractivity contribution is 5.84. The second-order valence-corrected chi connectivity index (χ2v) is 4.12. The molecule has 1 aliphatic carbocycles. The van der Waals surface area contributed by atoms with E-state index in [1.54, 1.807) is 5.32 Å². The third kappa shape index (κ3) is 3.27. The van der Waals surface area contributed by atoms with Crippen molar-refractivity contribution in [2.24, 2.45) is 5.92 Å². The van der Waals surface area contributed by atoms with Crippen LogP contribution in [0.4, 0.5) is 22.0 Å². The minimum atomic E-state index is -5.88. The van der Waals surface area contributed by atoms with Crippen molar-refractivity contribution in [1.82, 2.24) is 5.32 Å². The Hall–Kier alpha value is -0.920. The first-order chi connectivity index (χ1) is 7.64. The summed E-state index contributed by atoms with van der Waals surface area (Å²) in [6.45, 7) is -0.276. The Bertz CT molecular complexity index is 292. The Morgan fingerprint density at radius 1 is 1.24 bits per heavy atom. The number of hydrogen-bond acceptors (Lipinski definition) is 2. The number of halogens is 5. The molecule has 1 aliphatic rings. The smallest absolute Gasteiger partial charge is 0.393 e. The minimum absolute atomic E-state index is 0.252. The summed E-state index contributed by atoms with van der Waals surface area (Å²) in [5, 5.41) is 10.7. The summed E-state index contributed by atoms with van der Waals surface area (Å²) in [6.07, 6.45) is -5.18. The Morgan fingerprint density at radius 2 is 1.82 bits per heavy atom. The molecular formula is C9H12F5NO2. The lowest BCUT2D eigenvalue weighted by Gasteiger charge is -2.19. The fourth-order valence-corrected chi connectivity index (χ4v) is 1.71. The van der Waals surface area contributed by atoms with Gasteiger partial charge in [0, 0.05) is 6.54 Å². The van der Waals surface area contributed by atoms with E-state index < -0.39 is 24.1 Å². The summed E-state index contributed by atoms with van der Waals surface area (Å²) in [7, 11) is 0. The van der Waals surface area contributed by atoms with Crippen LogP contribution in [0.2, 0.25) is 0 Å². The minimum Gasteiger partial charge on any atom is -0.393 e. The highest BCUT2D eigenvalue weighted by Gasteiger charge is 2.63. The first kappa shape index (κ1) is 14.1. The molecule has 2 atom stereocenters. The molecule has 0 aromatic carbocycles. The predicted octanol–water partition coefficient (Wildman–Crippen LogP) is 1.46. The third-order valence-electron chi connectivity index (χ3n) is 2.71. The molecule has 2 unspecified atom stereocenters. The number of carbonyl (C=O) groups excluding carboxylic acids is 1. The molecule has 1 fully saturated rings. The van der Waals surface area contributed by atoms with E-state index in [2.05, 4.69) is 0 Å². The van der Waals surface area contributed by atoms with Crippen molar-refractivity contribution < 1.29 is 31.9 Å². The van der Waals surface area contributed by atoms with E-state index in [-0.39, 0.29) is 12.5 Å². The molecule has 0 aromatic rings. The zero-order valence-corrected chi connectivity index (χ0v) is 8.73. The van der Waals surface area contributed by atoms with Gasteiger partial charge < -0.3 is 10.4 Å². The molecule has 0 radical (unpaired) electrons. The number of carbonyl (C=O) groups is 1. The second-order valence-electron chi connectivity index (χ2n) is 4.12. The molecule has 3 nitrogen and oxygen atoms in total. The van der Waals surface area contributed by atoms with Gasteiger partial charge in [0.25, 0.3) is 5.91 Å². The van der Waals surface area contributed by atoms with Crippen LogP contribution in [0.25, 0.3) is 0 Å². The van der Waals surface area contributed by atoms with Crippen LogP contribution in [0.15, 0.2) is 0 Å². The normalized spacial score (nSPS) is 26.0. The standard InChI is InChI=1S/C9H12F5NO2/c10-8(11,9(12,13)14)7(17)15-4-5-1-2-6(16)3-5/h5-6,16H,1-4H2,(H,15,17). The van der Waals surface area contributed by atoms with Gasteiger partial charge in [0.1, 0.15) is 0 Å². The van der Waals surface area contributed by atoms with E-state index in [1.807, 2.05) is 0 Å². The van der Waals surface area contributed by atoms with Crippen LogP contribution >= 0.6 is 0 Å². The van der Waals surface area contributed by atoms with Gasteiger partial charge in [0.15, 0.2) is 0 Å². The van der Waals surface area contributed by atoms with Crippen LogP contribution < -0.4 is 5.32 Å². The molecule has 0 spiro atoms. The van der Waals surface area contributed by atoms with Crippen LogP contribution in [0.1, 0.15) is 19.3 Å². The van der Waals surface area contributed by atoms with E-state index in [4.69, 9.17) is 5.11 Å². The van der Waals surface area contributed by atoms with Gasteiger partial charge in [-0.1, -0.05) is 0 Å². The van der Waals surface area contributed by atoms with Crippen LogP contribution in [-0.4, -0.2) is 35.8 Å². The maximum atomic E-state index is 12.5. The number of nitrogens with one attached hydrogen (secondary N) is 1. The average molecular weight is 261 g/mol. The zero-order valence-electron chi connectivity index (χ0n) is 8.73. The van der Waals surface area contributed by atoms with Crippen molar-refractivity contribution >= 4 is 5.91 Å². The SMILES string of the molecule is O=C(NCC1CCC(O)C1)C(F)(F)C(F)(F)F. The molecule has 0 aromatic heterocycles. The number of hydrogen-bond donors (Lipinski definition) is 2. The summed E-state index contributed by atoms with van der Waals surface area (Å²) in [4.78, 5) is 10.7. The van der Waals surface area contributed by atoms with Gasteiger partial charge >= 0.3 is 12.1 Å².